The Morgan fingerprint density at radius 3 is 2.45 bits per heavy atom. The van der Waals surface area contributed by atoms with Crippen LogP contribution in [-0.2, 0) is 9.47 Å². The van der Waals surface area contributed by atoms with E-state index in [0.717, 1.165) is 16.7 Å². The topological polar surface area (TPSA) is 102 Å². The fourth-order valence-corrected chi connectivity index (χ4v) is 4.11. The molecule has 6 rings (SSSR count). The Bertz CT molecular complexity index is 1210. The number of H-pyrrole nitrogens is 1. The molecular formula is C23H20N4O4. The van der Waals surface area contributed by atoms with E-state index < -0.39 is 6.10 Å². The Labute approximate surface area is 177 Å². The van der Waals surface area contributed by atoms with E-state index in [9.17, 15) is 5.11 Å². The summed E-state index contributed by atoms with van der Waals surface area (Å²) < 4.78 is 17.1. The van der Waals surface area contributed by atoms with Gasteiger partial charge in [0.25, 0.3) is 6.01 Å². The molecule has 2 saturated heterocycles. The van der Waals surface area contributed by atoms with Crippen LogP contribution in [0.1, 0.15) is 0 Å². The van der Waals surface area contributed by atoms with Gasteiger partial charge in [0.05, 0.1) is 19.4 Å². The summed E-state index contributed by atoms with van der Waals surface area (Å²) in [7, 11) is 0. The highest BCUT2D eigenvalue weighted by molar-refractivity contribution is 5.74. The number of nitrogens with one attached hydrogen (secondary N) is 1. The molecule has 8 nitrogen and oxygen atoms in total. The average molecular weight is 416 g/mol. The molecule has 0 aliphatic carbocycles. The van der Waals surface area contributed by atoms with Gasteiger partial charge in [0.1, 0.15) is 23.8 Å². The van der Waals surface area contributed by atoms with Gasteiger partial charge >= 0.3 is 0 Å². The van der Waals surface area contributed by atoms with Gasteiger partial charge in [-0.25, -0.2) is 9.97 Å². The number of fused-ring (bicyclic) bond motifs is 2. The molecule has 0 amide bonds. The first-order valence-electron chi connectivity index (χ1n) is 10.2. The van der Waals surface area contributed by atoms with Gasteiger partial charge in [-0.3, -0.25) is 0 Å². The lowest BCUT2D eigenvalue weighted by atomic mass is 10.0. The number of hydrogen-bond donors (Lipinski definition) is 2. The van der Waals surface area contributed by atoms with Crippen LogP contribution >= 0.6 is 0 Å². The minimum absolute atomic E-state index is 0.257. The van der Waals surface area contributed by atoms with E-state index in [2.05, 4.69) is 44.2 Å². The molecule has 2 aromatic heterocycles. The molecule has 31 heavy (non-hydrogen) atoms. The zero-order valence-electron chi connectivity index (χ0n) is 16.5. The fourth-order valence-electron chi connectivity index (χ4n) is 4.11. The van der Waals surface area contributed by atoms with Crippen LogP contribution in [0.2, 0.25) is 0 Å². The Kier molecular flexibility index (Phi) is 4.41. The molecule has 2 aliphatic rings. The fraction of sp³-hybridized carbons (Fsp3) is 0.261. The maximum absolute atomic E-state index is 9.87. The van der Waals surface area contributed by atoms with Crippen molar-refractivity contribution in [2.24, 2.45) is 0 Å². The number of rotatable bonds is 4. The van der Waals surface area contributed by atoms with Gasteiger partial charge in [-0.05, 0) is 11.1 Å². The summed E-state index contributed by atoms with van der Waals surface area (Å²) in [6.07, 6.45) is 0.108. The summed E-state index contributed by atoms with van der Waals surface area (Å²) in [6, 6.07) is 18.7. The van der Waals surface area contributed by atoms with Crippen molar-refractivity contribution in [1.29, 1.82) is 0 Å². The van der Waals surface area contributed by atoms with E-state index in [4.69, 9.17) is 14.2 Å². The van der Waals surface area contributed by atoms with Crippen LogP contribution in [0.5, 0.6) is 6.01 Å². The monoisotopic (exact) mass is 416 g/mol. The summed E-state index contributed by atoms with van der Waals surface area (Å²) >= 11 is 0. The van der Waals surface area contributed by atoms with Crippen molar-refractivity contribution < 1.29 is 19.3 Å². The lowest BCUT2D eigenvalue weighted by molar-refractivity contribution is 0.00706. The van der Waals surface area contributed by atoms with Gasteiger partial charge in [0, 0.05) is 5.56 Å². The van der Waals surface area contributed by atoms with Crippen molar-refractivity contribution in [3.8, 4) is 28.5 Å². The van der Waals surface area contributed by atoms with Crippen molar-refractivity contribution in [2.45, 2.75) is 24.4 Å². The van der Waals surface area contributed by atoms with Gasteiger partial charge in [-0.15, -0.1) is 0 Å². The third kappa shape index (κ3) is 3.34. The van der Waals surface area contributed by atoms with Crippen molar-refractivity contribution in [1.82, 2.24) is 19.9 Å². The minimum atomic E-state index is -0.615. The summed E-state index contributed by atoms with van der Waals surface area (Å²) in [5.41, 5.74) is 4.42. The Hall–Kier alpha value is -3.33. The second-order valence-corrected chi connectivity index (χ2v) is 7.74. The molecule has 0 spiro atoms. The molecule has 0 radical (unpaired) electrons. The van der Waals surface area contributed by atoms with Crippen molar-refractivity contribution in [3.05, 3.63) is 60.8 Å². The van der Waals surface area contributed by atoms with Crippen molar-refractivity contribution in [3.63, 3.8) is 0 Å². The third-order valence-corrected chi connectivity index (χ3v) is 5.71. The number of aromatic amines is 1. The molecule has 0 saturated carbocycles. The van der Waals surface area contributed by atoms with E-state index in [1.54, 1.807) is 6.20 Å². The highest BCUT2D eigenvalue weighted by Crippen LogP contribution is 2.30. The number of ether oxygens (including phenoxy) is 3. The van der Waals surface area contributed by atoms with Crippen LogP contribution in [-0.4, -0.2) is 62.7 Å². The summed E-state index contributed by atoms with van der Waals surface area (Å²) in [6.45, 7) is 0.599. The first-order chi connectivity index (χ1) is 15.2. The highest BCUT2D eigenvalue weighted by Gasteiger charge is 2.48. The number of nitrogens with zero attached hydrogens (tertiary/aromatic N) is 3. The highest BCUT2D eigenvalue weighted by atomic mass is 16.6. The SMILES string of the molecule is O[C@@H]1CO[C@H]2[C@@H]1OC[C@H]2Oc1nc2nc(-c3ccc(-c4ccccc4)cc3)ncc2[nH]1. The molecule has 4 aromatic rings. The van der Waals surface area contributed by atoms with Gasteiger partial charge in [0.2, 0.25) is 0 Å². The van der Waals surface area contributed by atoms with Crippen LogP contribution in [0.15, 0.2) is 60.8 Å². The second-order valence-electron chi connectivity index (χ2n) is 7.74. The van der Waals surface area contributed by atoms with Gasteiger partial charge < -0.3 is 24.3 Å². The number of aliphatic hydroxyl groups excluding tert-OH is 1. The third-order valence-electron chi connectivity index (χ3n) is 5.71. The van der Waals surface area contributed by atoms with E-state index in [1.807, 2.05) is 30.3 Å². The zero-order chi connectivity index (χ0) is 20.8. The molecule has 0 unspecified atom stereocenters. The first kappa shape index (κ1) is 18.4. The maximum atomic E-state index is 9.87. The predicted octanol–water partition coefficient (Wildman–Crippen LogP) is 2.59. The summed E-state index contributed by atoms with van der Waals surface area (Å²) in [5, 5.41) is 9.87. The predicted molar refractivity (Wildman–Crippen MR) is 112 cm³/mol. The normalized spacial score (nSPS) is 25.1. The van der Waals surface area contributed by atoms with Gasteiger partial charge in [0.15, 0.2) is 17.6 Å². The smallest absolute Gasteiger partial charge is 0.296 e. The van der Waals surface area contributed by atoms with Gasteiger partial charge in [-0.1, -0.05) is 54.6 Å². The van der Waals surface area contributed by atoms with Crippen LogP contribution in [0.25, 0.3) is 33.7 Å². The number of aromatic nitrogens is 4. The summed E-state index contributed by atoms with van der Waals surface area (Å²) in [5.74, 6) is 0.594. The van der Waals surface area contributed by atoms with Crippen LogP contribution in [0.3, 0.4) is 0 Å². The number of aliphatic hydroxyl groups is 1. The maximum Gasteiger partial charge on any atom is 0.296 e. The number of imidazole rings is 1. The minimum Gasteiger partial charge on any atom is -0.456 e. The zero-order valence-corrected chi connectivity index (χ0v) is 16.5. The molecule has 8 heteroatoms. The molecule has 2 aromatic carbocycles. The average Bonchev–Trinajstić information content (AvgIpc) is 3.51. The molecule has 156 valence electrons. The first-order valence-corrected chi connectivity index (χ1v) is 10.2. The van der Waals surface area contributed by atoms with E-state index in [1.165, 1.54) is 0 Å². The lowest BCUT2D eigenvalue weighted by Crippen LogP contribution is -2.34. The second kappa shape index (κ2) is 7.42. The molecule has 4 atom stereocenters. The van der Waals surface area contributed by atoms with Crippen LogP contribution in [0.4, 0.5) is 0 Å². The van der Waals surface area contributed by atoms with Crippen molar-refractivity contribution >= 4 is 11.2 Å². The van der Waals surface area contributed by atoms with Crippen molar-refractivity contribution in [2.75, 3.05) is 13.2 Å². The molecular weight excluding hydrogens is 396 g/mol. The van der Waals surface area contributed by atoms with Gasteiger partial charge in [-0.2, -0.15) is 4.98 Å². The number of benzene rings is 2. The number of hydrogen-bond acceptors (Lipinski definition) is 7. The Balaban J connectivity index is 1.23. The quantitative estimate of drug-likeness (QED) is 0.527. The lowest BCUT2D eigenvalue weighted by Gasteiger charge is -2.15. The van der Waals surface area contributed by atoms with Crippen LogP contribution < -0.4 is 4.74 Å². The van der Waals surface area contributed by atoms with Crippen LogP contribution in [0, 0.1) is 0 Å². The molecule has 2 fully saturated rings. The van der Waals surface area contributed by atoms with E-state index in [-0.39, 0.29) is 24.9 Å². The molecule has 0 bridgehead atoms. The standard InChI is InChI=1S/C23H20N4O4/c28-17-11-29-20-18(12-30-19(17)20)31-23-25-16-10-24-21(26-22(16)27-23)15-8-6-14(7-9-15)13-4-2-1-3-5-13/h1-10,17-20,28H,11-12H2,(H,24,25,26,27)/t17-,18-,19-,20-/m1/s1. The Morgan fingerprint density at radius 1 is 0.871 bits per heavy atom. The molecule has 2 aliphatic heterocycles. The largest absolute Gasteiger partial charge is 0.456 e. The molecule has 2 N–H and O–H groups in total. The van der Waals surface area contributed by atoms with E-state index >= 15 is 0 Å². The Morgan fingerprint density at radius 2 is 1.61 bits per heavy atom. The summed E-state index contributed by atoms with van der Waals surface area (Å²) in [4.78, 5) is 16.6. The van der Waals surface area contributed by atoms with E-state index in [0.29, 0.717) is 29.6 Å². The molecule has 4 heterocycles.